The topological polar surface area (TPSA) is 0 Å². The molecule has 1 aliphatic carbocycles. The van der Waals surface area contributed by atoms with Crippen molar-refractivity contribution in [2.24, 2.45) is 11.8 Å². The van der Waals surface area contributed by atoms with Crippen molar-refractivity contribution < 1.29 is 4.39 Å². The molecule has 0 saturated heterocycles. The lowest BCUT2D eigenvalue weighted by Gasteiger charge is -2.10. The van der Waals surface area contributed by atoms with Gasteiger partial charge in [0.15, 0.2) is 0 Å². The molecule has 1 aromatic rings. The van der Waals surface area contributed by atoms with Crippen LogP contribution in [-0.4, -0.2) is 0 Å². The molecule has 0 nitrogen and oxygen atoms in total. The van der Waals surface area contributed by atoms with Crippen LogP contribution in [0.15, 0.2) is 12.1 Å². The second-order valence-electron chi connectivity index (χ2n) is 5.53. The Balaban J connectivity index is 1.95. The zero-order valence-corrected chi connectivity index (χ0v) is 11.4. The molecule has 1 saturated carbocycles. The average Bonchev–Trinajstić information content (AvgIpc) is 2.69. The Morgan fingerprint density at radius 3 is 2.71 bits per heavy atom. The van der Waals surface area contributed by atoms with Crippen molar-refractivity contribution in [3.63, 3.8) is 0 Å². The smallest absolute Gasteiger partial charge is 0.144 e. The lowest BCUT2D eigenvalue weighted by Crippen LogP contribution is -1.98. The van der Waals surface area contributed by atoms with Crippen LogP contribution in [0.2, 0.25) is 5.02 Å². The van der Waals surface area contributed by atoms with Crippen LogP contribution in [0, 0.1) is 24.6 Å². The highest BCUT2D eigenvalue weighted by molar-refractivity contribution is 6.30. The molecule has 0 spiro atoms. The van der Waals surface area contributed by atoms with E-state index >= 15 is 0 Å². The van der Waals surface area contributed by atoms with E-state index in [1.54, 1.807) is 13.0 Å². The lowest BCUT2D eigenvalue weighted by molar-refractivity contribution is 0.480. The second-order valence-corrected chi connectivity index (χ2v) is 5.94. The fourth-order valence-electron chi connectivity index (χ4n) is 2.90. The van der Waals surface area contributed by atoms with Gasteiger partial charge in [-0.05, 0) is 55.2 Å². The zero-order chi connectivity index (χ0) is 12.4. The Morgan fingerprint density at radius 1 is 1.35 bits per heavy atom. The summed E-state index contributed by atoms with van der Waals surface area (Å²) in [5.74, 6) is 1.47. The third kappa shape index (κ3) is 3.22. The Kier molecular flexibility index (Phi) is 4.09. The summed E-state index contributed by atoms with van der Waals surface area (Å²) in [6, 6.07) is 3.71. The summed E-state index contributed by atoms with van der Waals surface area (Å²) in [6.07, 6.45) is 6.32. The lowest BCUT2D eigenvalue weighted by atomic mass is 9.96. The fourth-order valence-corrected chi connectivity index (χ4v) is 3.19. The van der Waals surface area contributed by atoms with Crippen molar-refractivity contribution in [1.29, 1.82) is 0 Å². The normalized spacial score (nSPS) is 24.2. The maximum Gasteiger partial charge on any atom is 0.144 e. The molecule has 2 heteroatoms. The van der Waals surface area contributed by atoms with Crippen molar-refractivity contribution in [2.75, 3.05) is 0 Å². The highest BCUT2D eigenvalue weighted by Crippen LogP contribution is 2.33. The van der Waals surface area contributed by atoms with Gasteiger partial charge >= 0.3 is 0 Å². The molecule has 2 rings (SSSR count). The molecule has 2 atom stereocenters. The predicted molar refractivity (Wildman–Crippen MR) is 71.0 cm³/mol. The van der Waals surface area contributed by atoms with Crippen LogP contribution in [0.4, 0.5) is 4.39 Å². The first-order chi connectivity index (χ1) is 8.06. The Bertz CT molecular complexity index is 377. The maximum absolute atomic E-state index is 13.4. The first-order valence-corrected chi connectivity index (χ1v) is 6.88. The summed E-state index contributed by atoms with van der Waals surface area (Å²) in [7, 11) is 0. The minimum Gasteiger partial charge on any atom is -0.205 e. The summed E-state index contributed by atoms with van der Waals surface area (Å²) in [6.45, 7) is 4.11. The summed E-state index contributed by atoms with van der Waals surface area (Å²) >= 11 is 5.86. The third-order valence-electron chi connectivity index (χ3n) is 3.91. The van der Waals surface area contributed by atoms with Crippen molar-refractivity contribution in [3.8, 4) is 0 Å². The van der Waals surface area contributed by atoms with Gasteiger partial charge in [0, 0.05) is 0 Å². The first-order valence-electron chi connectivity index (χ1n) is 6.50. The zero-order valence-electron chi connectivity index (χ0n) is 10.6. The van der Waals surface area contributed by atoms with Gasteiger partial charge in [-0.15, -0.1) is 0 Å². The van der Waals surface area contributed by atoms with Crippen LogP contribution < -0.4 is 0 Å². The molecule has 17 heavy (non-hydrogen) atoms. The van der Waals surface area contributed by atoms with Gasteiger partial charge in [0.1, 0.15) is 5.82 Å². The molecule has 0 radical (unpaired) electrons. The molecule has 1 fully saturated rings. The Labute approximate surface area is 108 Å². The minimum absolute atomic E-state index is 0.264. The molecular formula is C15H20ClF. The minimum atomic E-state index is -0.273. The van der Waals surface area contributed by atoms with E-state index in [1.807, 2.05) is 6.07 Å². The molecule has 0 bridgehead atoms. The van der Waals surface area contributed by atoms with E-state index in [1.165, 1.54) is 31.2 Å². The molecule has 1 aromatic carbocycles. The molecule has 0 aromatic heterocycles. The highest BCUT2D eigenvalue weighted by atomic mass is 35.5. The van der Waals surface area contributed by atoms with Crippen molar-refractivity contribution in [2.45, 2.75) is 46.0 Å². The Hall–Kier alpha value is -0.560. The molecule has 0 amide bonds. The number of hydrogen-bond donors (Lipinski definition) is 0. The van der Waals surface area contributed by atoms with Crippen LogP contribution >= 0.6 is 11.6 Å². The standard InChI is InChI=1S/C15H20ClF/c1-10-3-4-12(7-10)5-6-13-8-11(2)15(17)14(16)9-13/h8-10,12H,3-7H2,1-2H3/t10-,12?/m0/s1. The van der Waals surface area contributed by atoms with Crippen LogP contribution in [0.3, 0.4) is 0 Å². The summed E-state index contributed by atoms with van der Waals surface area (Å²) < 4.78 is 13.4. The van der Waals surface area contributed by atoms with Gasteiger partial charge in [0.05, 0.1) is 5.02 Å². The number of rotatable bonds is 3. The van der Waals surface area contributed by atoms with E-state index in [4.69, 9.17) is 11.6 Å². The SMILES string of the molecule is Cc1cc(CCC2CC[C@H](C)C2)cc(Cl)c1F. The van der Waals surface area contributed by atoms with Gasteiger partial charge in [-0.3, -0.25) is 0 Å². The fraction of sp³-hybridized carbons (Fsp3) is 0.600. The molecule has 0 aliphatic heterocycles. The van der Waals surface area contributed by atoms with Gasteiger partial charge < -0.3 is 0 Å². The van der Waals surface area contributed by atoms with Crippen molar-refractivity contribution in [3.05, 3.63) is 34.1 Å². The molecule has 1 unspecified atom stereocenters. The van der Waals surface area contributed by atoms with Crippen molar-refractivity contribution >= 4 is 11.6 Å². The number of benzene rings is 1. The van der Waals surface area contributed by atoms with E-state index in [9.17, 15) is 4.39 Å². The van der Waals surface area contributed by atoms with Gasteiger partial charge in [0.25, 0.3) is 0 Å². The number of aryl methyl sites for hydroxylation is 2. The molecule has 94 valence electrons. The van der Waals surface area contributed by atoms with E-state index in [0.717, 1.165) is 18.3 Å². The van der Waals surface area contributed by atoms with Gasteiger partial charge in [0.2, 0.25) is 0 Å². The monoisotopic (exact) mass is 254 g/mol. The second kappa shape index (κ2) is 5.39. The van der Waals surface area contributed by atoms with Gasteiger partial charge in [-0.2, -0.15) is 0 Å². The summed E-state index contributed by atoms with van der Waals surface area (Å²) in [5.41, 5.74) is 1.83. The predicted octanol–water partition coefficient (Wildman–Crippen LogP) is 5.16. The first kappa shape index (κ1) is 12.9. The van der Waals surface area contributed by atoms with Crippen molar-refractivity contribution in [1.82, 2.24) is 0 Å². The number of halogens is 2. The van der Waals surface area contributed by atoms with E-state index in [-0.39, 0.29) is 10.8 Å². The van der Waals surface area contributed by atoms with E-state index in [2.05, 4.69) is 6.92 Å². The molecule has 0 N–H and O–H groups in total. The molecular weight excluding hydrogens is 235 g/mol. The maximum atomic E-state index is 13.4. The van der Waals surface area contributed by atoms with E-state index in [0.29, 0.717) is 5.56 Å². The van der Waals surface area contributed by atoms with Crippen LogP contribution in [0.25, 0.3) is 0 Å². The van der Waals surface area contributed by atoms with Gasteiger partial charge in [-0.1, -0.05) is 37.4 Å². The summed E-state index contributed by atoms with van der Waals surface area (Å²) in [4.78, 5) is 0. The quantitative estimate of drug-likeness (QED) is 0.699. The van der Waals surface area contributed by atoms with Crippen LogP contribution in [0.5, 0.6) is 0 Å². The molecule has 1 aliphatic rings. The third-order valence-corrected chi connectivity index (χ3v) is 4.19. The van der Waals surface area contributed by atoms with Crippen LogP contribution in [0.1, 0.15) is 43.7 Å². The largest absolute Gasteiger partial charge is 0.205 e. The van der Waals surface area contributed by atoms with E-state index < -0.39 is 0 Å². The average molecular weight is 255 g/mol. The highest BCUT2D eigenvalue weighted by Gasteiger charge is 2.20. The van der Waals surface area contributed by atoms with Crippen LogP contribution in [-0.2, 0) is 6.42 Å². The Morgan fingerprint density at radius 2 is 2.12 bits per heavy atom. The number of hydrogen-bond acceptors (Lipinski definition) is 0. The summed E-state index contributed by atoms with van der Waals surface area (Å²) in [5, 5.41) is 0.264. The molecule has 0 heterocycles. The van der Waals surface area contributed by atoms with Gasteiger partial charge in [-0.25, -0.2) is 4.39 Å².